The van der Waals surface area contributed by atoms with Crippen LogP contribution in [0.4, 0.5) is 0 Å². The SMILES string of the molecule is c1ccc(CO[C@@H]2[C@H]3O[C@H]3C[C@H]2OCc2ccccc2)cc1. The Balaban J connectivity index is 1.34. The molecule has 0 radical (unpaired) electrons. The molecule has 4 rings (SSSR count). The maximum absolute atomic E-state index is 6.09. The molecule has 1 saturated carbocycles. The van der Waals surface area contributed by atoms with E-state index in [1.807, 2.05) is 36.4 Å². The normalized spacial score (nSPS) is 29.3. The monoisotopic (exact) mass is 296 g/mol. The molecule has 0 N–H and O–H groups in total. The molecule has 1 heterocycles. The zero-order chi connectivity index (χ0) is 14.8. The number of fused-ring (bicyclic) bond motifs is 1. The largest absolute Gasteiger partial charge is 0.371 e. The second-order valence-corrected chi connectivity index (χ2v) is 5.97. The summed E-state index contributed by atoms with van der Waals surface area (Å²) in [5, 5.41) is 0. The highest BCUT2D eigenvalue weighted by atomic mass is 16.6. The lowest BCUT2D eigenvalue weighted by Crippen LogP contribution is -2.31. The standard InChI is InChI=1S/C19H20O3/c1-3-7-14(8-4-1)12-20-16-11-17-19(22-17)18(16)21-13-15-9-5-2-6-10-15/h1-10,16-19H,11-13H2/t16-,17+,18+,19+/m1/s1. The molecule has 1 aliphatic carbocycles. The molecule has 3 heteroatoms. The van der Waals surface area contributed by atoms with Crippen LogP contribution >= 0.6 is 0 Å². The highest BCUT2D eigenvalue weighted by Gasteiger charge is 2.57. The molecular formula is C19H20O3. The first-order chi connectivity index (χ1) is 10.9. The van der Waals surface area contributed by atoms with Gasteiger partial charge >= 0.3 is 0 Å². The summed E-state index contributed by atoms with van der Waals surface area (Å²) in [5.41, 5.74) is 2.39. The zero-order valence-electron chi connectivity index (χ0n) is 12.4. The third-order valence-corrected chi connectivity index (χ3v) is 4.37. The van der Waals surface area contributed by atoms with Crippen molar-refractivity contribution < 1.29 is 14.2 Å². The predicted molar refractivity (Wildman–Crippen MR) is 83.3 cm³/mol. The second-order valence-electron chi connectivity index (χ2n) is 5.97. The van der Waals surface area contributed by atoms with Crippen molar-refractivity contribution in [1.82, 2.24) is 0 Å². The van der Waals surface area contributed by atoms with Gasteiger partial charge in [0.2, 0.25) is 0 Å². The van der Waals surface area contributed by atoms with E-state index in [4.69, 9.17) is 14.2 Å². The first kappa shape index (κ1) is 13.9. The van der Waals surface area contributed by atoms with E-state index in [0.29, 0.717) is 19.3 Å². The number of hydrogen-bond acceptors (Lipinski definition) is 3. The van der Waals surface area contributed by atoms with Gasteiger partial charge in [0.25, 0.3) is 0 Å². The first-order valence-electron chi connectivity index (χ1n) is 7.87. The second kappa shape index (κ2) is 6.21. The molecular weight excluding hydrogens is 276 g/mol. The van der Waals surface area contributed by atoms with E-state index < -0.39 is 0 Å². The lowest BCUT2D eigenvalue weighted by Gasteiger charge is -2.23. The number of ether oxygens (including phenoxy) is 3. The molecule has 0 unspecified atom stereocenters. The molecule has 0 aromatic heterocycles. The summed E-state index contributed by atoms with van der Waals surface area (Å²) < 4.78 is 17.8. The average molecular weight is 296 g/mol. The topological polar surface area (TPSA) is 31.0 Å². The van der Waals surface area contributed by atoms with Crippen molar-refractivity contribution in [2.75, 3.05) is 0 Å². The smallest absolute Gasteiger partial charge is 0.113 e. The van der Waals surface area contributed by atoms with Crippen molar-refractivity contribution in [1.29, 1.82) is 0 Å². The Morgan fingerprint density at radius 1 is 0.818 bits per heavy atom. The Morgan fingerprint density at radius 2 is 1.41 bits per heavy atom. The predicted octanol–water partition coefficient (Wildman–Crippen LogP) is 3.33. The Labute approximate surface area is 130 Å². The van der Waals surface area contributed by atoms with Gasteiger partial charge in [0.1, 0.15) is 12.2 Å². The van der Waals surface area contributed by atoms with Gasteiger partial charge in [-0.1, -0.05) is 60.7 Å². The lowest BCUT2D eigenvalue weighted by atomic mass is 10.2. The molecule has 0 bridgehead atoms. The Hall–Kier alpha value is -1.68. The van der Waals surface area contributed by atoms with Gasteiger partial charge in [0.05, 0.1) is 25.4 Å². The van der Waals surface area contributed by atoms with E-state index in [0.717, 1.165) is 6.42 Å². The summed E-state index contributed by atoms with van der Waals surface area (Å²) >= 11 is 0. The fourth-order valence-electron chi connectivity index (χ4n) is 3.12. The van der Waals surface area contributed by atoms with Crippen molar-refractivity contribution in [3.05, 3.63) is 71.8 Å². The van der Waals surface area contributed by atoms with Crippen molar-refractivity contribution in [3.8, 4) is 0 Å². The minimum absolute atomic E-state index is 0.0499. The van der Waals surface area contributed by atoms with Crippen LogP contribution in [0.15, 0.2) is 60.7 Å². The minimum atomic E-state index is 0.0499. The molecule has 3 nitrogen and oxygen atoms in total. The van der Waals surface area contributed by atoms with Crippen molar-refractivity contribution in [2.24, 2.45) is 0 Å². The Bertz CT molecular complexity index is 599. The van der Waals surface area contributed by atoms with Crippen molar-refractivity contribution in [2.45, 2.75) is 44.1 Å². The van der Waals surface area contributed by atoms with Crippen LogP contribution in [-0.4, -0.2) is 24.4 Å². The third-order valence-electron chi connectivity index (χ3n) is 4.37. The average Bonchev–Trinajstić information content (AvgIpc) is 3.26. The molecule has 1 aliphatic heterocycles. The molecule has 0 spiro atoms. The van der Waals surface area contributed by atoms with E-state index in [1.165, 1.54) is 11.1 Å². The highest BCUT2D eigenvalue weighted by Crippen LogP contribution is 2.42. The molecule has 4 atom stereocenters. The molecule has 22 heavy (non-hydrogen) atoms. The van der Waals surface area contributed by atoms with E-state index in [9.17, 15) is 0 Å². The maximum Gasteiger partial charge on any atom is 0.113 e. The zero-order valence-corrected chi connectivity index (χ0v) is 12.4. The van der Waals surface area contributed by atoms with Crippen LogP contribution in [0.25, 0.3) is 0 Å². The summed E-state index contributed by atoms with van der Waals surface area (Å²) in [6.07, 6.45) is 1.68. The summed E-state index contributed by atoms with van der Waals surface area (Å²) in [6, 6.07) is 20.5. The Kier molecular flexibility index (Phi) is 3.94. The molecule has 0 amide bonds. The number of hydrogen-bond donors (Lipinski definition) is 0. The third kappa shape index (κ3) is 3.07. The van der Waals surface area contributed by atoms with Gasteiger partial charge in [0, 0.05) is 6.42 Å². The quantitative estimate of drug-likeness (QED) is 0.766. The van der Waals surface area contributed by atoms with Crippen LogP contribution in [0.2, 0.25) is 0 Å². The van der Waals surface area contributed by atoms with Gasteiger partial charge in [-0.15, -0.1) is 0 Å². The van der Waals surface area contributed by atoms with Crippen molar-refractivity contribution >= 4 is 0 Å². The molecule has 2 fully saturated rings. The van der Waals surface area contributed by atoms with E-state index >= 15 is 0 Å². The summed E-state index contributed by atoms with van der Waals surface area (Å²) in [6.45, 7) is 1.25. The minimum Gasteiger partial charge on any atom is -0.371 e. The van der Waals surface area contributed by atoms with E-state index in [-0.39, 0.29) is 18.3 Å². The van der Waals surface area contributed by atoms with Crippen LogP contribution in [0.5, 0.6) is 0 Å². The van der Waals surface area contributed by atoms with Crippen LogP contribution in [0, 0.1) is 0 Å². The van der Waals surface area contributed by atoms with Gasteiger partial charge in [-0.2, -0.15) is 0 Å². The number of epoxide rings is 1. The van der Waals surface area contributed by atoms with Gasteiger partial charge in [-0.3, -0.25) is 0 Å². The summed E-state index contributed by atoms with van der Waals surface area (Å²) in [4.78, 5) is 0. The van der Waals surface area contributed by atoms with Gasteiger partial charge in [-0.05, 0) is 11.1 Å². The molecule has 2 aromatic carbocycles. The van der Waals surface area contributed by atoms with Crippen LogP contribution in [-0.2, 0) is 27.4 Å². The fourth-order valence-corrected chi connectivity index (χ4v) is 3.12. The van der Waals surface area contributed by atoms with Crippen LogP contribution < -0.4 is 0 Å². The number of rotatable bonds is 6. The van der Waals surface area contributed by atoms with Gasteiger partial charge < -0.3 is 14.2 Å². The Morgan fingerprint density at radius 3 is 2.05 bits per heavy atom. The summed E-state index contributed by atoms with van der Waals surface area (Å²) in [5.74, 6) is 0. The van der Waals surface area contributed by atoms with Crippen LogP contribution in [0.1, 0.15) is 17.5 Å². The summed E-state index contributed by atoms with van der Waals surface area (Å²) in [7, 11) is 0. The molecule has 1 saturated heterocycles. The van der Waals surface area contributed by atoms with Crippen LogP contribution in [0.3, 0.4) is 0 Å². The van der Waals surface area contributed by atoms with Gasteiger partial charge in [-0.25, -0.2) is 0 Å². The number of benzene rings is 2. The van der Waals surface area contributed by atoms with Crippen molar-refractivity contribution in [3.63, 3.8) is 0 Å². The first-order valence-corrected chi connectivity index (χ1v) is 7.87. The van der Waals surface area contributed by atoms with E-state index in [2.05, 4.69) is 24.3 Å². The van der Waals surface area contributed by atoms with Gasteiger partial charge in [0.15, 0.2) is 0 Å². The highest BCUT2D eigenvalue weighted by molar-refractivity contribution is 5.15. The van der Waals surface area contributed by atoms with E-state index in [1.54, 1.807) is 0 Å². The molecule has 114 valence electrons. The maximum atomic E-state index is 6.09. The lowest BCUT2D eigenvalue weighted by molar-refractivity contribution is -0.0945. The molecule has 2 aliphatic rings. The fraction of sp³-hybridized carbons (Fsp3) is 0.368. The molecule has 2 aromatic rings.